The van der Waals surface area contributed by atoms with Crippen LogP contribution in [-0.2, 0) is 0 Å². The van der Waals surface area contributed by atoms with Gasteiger partial charge in [0.2, 0.25) is 5.88 Å². The van der Waals surface area contributed by atoms with Crippen molar-refractivity contribution in [3.8, 4) is 5.88 Å². The Kier molecular flexibility index (Phi) is 4.75. The van der Waals surface area contributed by atoms with E-state index in [1.807, 2.05) is 19.1 Å². The van der Waals surface area contributed by atoms with Gasteiger partial charge < -0.3 is 10.5 Å². The van der Waals surface area contributed by atoms with Gasteiger partial charge in [0.1, 0.15) is 5.03 Å². The molecule has 0 bridgehead atoms. The molecule has 0 fully saturated rings. The van der Waals surface area contributed by atoms with E-state index in [0.29, 0.717) is 23.4 Å². The third kappa shape index (κ3) is 3.63. The number of nitrogens with two attached hydrogens (primary N) is 1. The molecule has 0 saturated carbocycles. The molecule has 1 atom stereocenters. The highest BCUT2D eigenvalue weighted by atomic mass is 32.2. The van der Waals surface area contributed by atoms with Gasteiger partial charge in [-0.15, -0.1) is 11.8 Å². The van der Waals surface area contributed by atoms with E-state index in [1.165, 1.54) is 0 Å². The van der Waals surface area contributed by atoms with Gasteiger partial charge in [0.15, 0.2) is 0 Å². The second-order valence-electron chi connectivity index (χ2n) is 3.31. The number of nitrogen functional groups attached to an aromatic ring is 1. The number of rotatable bonds is 5. The number of thioether (sulfide) groups is 1. The molecule has 1 aromatic rings. The van der Waals surface area contributed by atoms with E-state index < -0.39 is 0 Å². The first-order chi connectivity index (χ1) is 7.17. The number of hydrogen-bond acceptors (Lipinski definition) is 4. The second-order valence-corrected chi connectivity index (χ2v) is 4.77. The lowest BCUT2D eigenvalue weighted by atomic mass is 10.4. The molecule has 84 valence electrons. The van der Waals surface area contributed by atoms with Crippen molar-refractivity contribution in [2.75, 3.05) is 12.3 Å². The summed E-state index contributed by atoms with van der Waals surface area (Å²) in [4.78, 5) is 4.37. The summed E-state index contributed by atoms with van der Waals surface area (Å²) in [5.41, 5.74) is 6.34. The Morgan fingerprint density at radius 1 is 1.47 bits per heavy atom. The van der Waals surface area contributed by atoms with Crippen molar-refractivity contribution < 1.29 is 4.74 Å². The zero-order valence-electron chi connectivity index (χ0n) is 9.49. The lowest BCUT2D eigenvalue weighted by Gasteiger charge is -2.10. The molecule has 0 spiro atoms. The Labute approximate surface area is 95.4 Å². The summed E-state index contributed by atoms with van der Waals surface area (Å²) in [6.45, 7) is 6.87. The molecular formula is C11H18N2OS. The predicted octanol–water partition coefficient (Wildman–Crippen LogP) is 2.95. The van der Waals surface area contributed by atoms with Crippen molar-refractivity contribution in [2.24, 2.45) is 0 Å². The summed E-state index contributed by atoms with van der Waals surface area (Å²) < 4.78 is 5.34. The fourth-order valence-corrected chi connectivity index (χ4v) is 1.90. The van der Waals surface area contributed by atoms with Crippen molar-refractivity contribution in [1.82, 2.24) is 4.98 Å². The number of ether oxygens (including phenoxy) is 1. The Bertz CT molecular complexity index is 317. The van der Waals surface area contributed by atoms with E-state index in [2.05, 4.69) is 18.8 Å². The van der Waals surface area contributed by atoms with E-state index in [4.69, 9.17) is 10.5 Å². The van der Waals surface area contributed by atoms with Crippen LogP contribution < -0.4 is 10.5 Å². The molecule has 0 aliphatic carbocycles. The van der Waals surface area contributed by atoms with E-state index in [1.54, 1.807) is 11.8 Å². The van der Waals surface area contributed by atoms with Crippen LogP contribution in [-0.4, -0.2) is 16.8 Å². The van der Waals surface area contributed by atoms with Gasteiger partial charge in [-0.2, -0.15) is 0 Å². The smallest absolute Gasteiger partial charge is 0.238 e. The lowest BCUT2D eigenvalue weighted by molar-refractivity contribution is 0.326. The van der Waals surface area contributed by atoms with Crippen LogP contribution in [0.4, 0.5) is 5.69 Å². The molecular weight excluding hydrogens is 208 g/mol. The number of pyridine rings is 1. The standard InChI is InChI=1S/C11H18N2OS/c1-4-8(3)15-10-7-6-9(12)11(13-10)14-5-2/h6-8H,4-5,12H2,1-3H3. The Balaban J connectivity index is 2.77. The molecule has 1 unspecified atom stereocenters. The van der Waals surface area contributed by atoms with E-state index >= 15 is 0 Å². The maximum atomic E-state index is 5.74. The maximum absolute atomic E-state index is 5.74. The zero-order valence-corrected chi connectivity index (χ0v) is 10.3. The van der Waals surface area contributed by atoms with Crippen LogP contribution in [0.2, 0.25) is 0 Å². The number of anilines is 1. The number of aromatic nitrogens is 1. The third-order valence-electron chi connectivity index (χ3n) is 2.04. The second kappa shape index (κ2) is 5.85. The molecule has 0 aliphatic rings. The van der Waals surface area contributed by atoms with Crippen LogP contribution in [0.1, 0.15) is 27.2 Å². The van der Waals surface area contributed by atoms with Crippen LogP contribution in [0.5, 0.6) is 5.88 Å². The highest BCUT2D eigenvalue weighted by molar-refractivity contribution is 7.99. The fourth-order valence-electron chi connectivity index (χ4n) is 1.04. The number of nitrogens with zero attached hydrogens (tertiary/aromatic N) is 1. The summed E-state index contributed by atoms with van der Waals surface area (Å²) in [5.74, 6) is 0.547. The highest BCUT2D eigenvalue weighted by Crippen LogP contribution is 2.27. The molecule has 0 saturated heterocycles. The molecule has 1 rings (SSSR count). The molecule has 4 heteroatoms. The summed E-state index contributed by atoms with van der Waals surface area (Å²) >= 11 is 1.75. The van der Waals surface area contributed by atoms with E-state index in [0.717, 1.165) is 11.4 Å². The topological polar surface area (TPSA) is 48.1 Å². The lowest BCUT2D eigenvalue weighted by Crippen LogP contribution is -2.01. The van der Waals surface area contributed by atoms with Crippen molar-refractivity contribution in [1.29, 1.82) is 0 Å². The van der Waals surface area contributed by atoms with Gasteiger partial charge in [-0.25, -0.2) is 4.98 Å². The molecule has 1 aromatic heterocycles. The average Bonchev–Trinajstić information content (AvgIpc) is 2.23. The molecule has 2 N–H and O–H groups in total. The highest BCUT2D eigenvalue weighted by Gasteiger charge is 2.07. The minimum absolute atomic E-state index is 0.547. The first-order valence-electron chi connectivity index (χ1n) is 5.23. The van der Waals surface area contributed by atoms with Crippen LogP contribution in [0.3, 0.4) is 0 Å². The van der Waals surface area contributed by atoms with Gasteiger partial charge in [0.05, 0.1) is 12.3 Å². The van der Waals surface area contributed by atoms with Crippen LogP contribution in [0, 0.1) is 0 Å². The molecule has 0 amide bonds. The molecule has 1 heterocycles. The van der Waals surface area contributed by atoms with Gasteiger partial charge in [-0.1, -0.05) is 13.8 Å². The molecule has 3 nitrogen and oxygen atoms in total. The first kappa shape index (κ1) is 12.2. The zero-order chi connectivity index (χ0) is 11.3. The average molecular weight is 226 g/mol. The number of hydrogen-bond donors (Lipinski definition) is 1. The summed E-state index contributed by atoms with van der Waals surface area (Å²) in [5, 5.41) is 1.54. The monoisotopic (exact) mass is 226 g/mol. The van der Waals surface area contributed by atoms with Crippen molar-refractivity contribution >= 4 is 17.4 Å². The van der Waals surface area contributed by atoms with Crippen LogP contribution in [0.25, 0.3) is 0 Å². The van der Waals surface area contributed by atoms with E-state index in [9.17, 15) is 0 Å². The van der Waals surface area contributed by atoms with Crippen LogP contribution in [0.15, 0.2) is 17.2 Å². The first-order valence-corrected chi connectivity index (χ1v) is 6.11. The normalized spacial score (nSPS) is 12.5. The Morgan fingerprint density at radius 2 is 2.20 bits per heavy atom. The van der Waals surface area contributed by atoms with Crippen molar-refractivity contribution in [3.63, 3.8) is 0 Å². The van der Waals surface area contributed by atoms with Crippen molar-refractivity contribution in [3.05, 3.63) is 12.1 Å². The predicted molar refractivity (Wildman–Crippen MR) is 65.4 cm³/mol. The molecule has 0 radical (unpaired) electrons. The van der Waals surface area contributed by atoms with E-state index in [-0.39, 0.29) is 0 Å². The van der Waals surface area contributed by atoms with Gasteiger partial charge in [-0.05, 0) is 25.5 Å². The van der Waals surface area contributed by atoms with Crippen LogP contribution >= 0.6 is 11.8 Å². The molecule has 0 aliphatic heterocycles. The SMILES string of the molecule is CCOc1nc(SC(C)CC)ccc1N. The largest absolute Gasteiger partial charge is 0.476 e. The van der Waals surface area contributed by atoms with Gasteiger partial charge in [-0.3, -0.25) is 0 Å². The Hall–Kier alpha value is -0.900. The summed E-state index contributed by atoms with van der Waals surface area (Å²) in [7, 11) is 0. The van der Waals surface area contributed by atoms with Gasteiger partial charge in [0.25, 0.3) is 0 Å². The minimum Gasteiger partial charge on any atom is -0.476 e. The summed E-state index contributed by atoms with van der Waals surface area (Å²) in [6.07, 6.45) is 1.13. The Morgan fingerprint density at radius 3 is 2.80 bits per heavy atom. The minimum atomic E-state index is 0.547. The van der Waals surface area contributed by atoms with Crippen molar-refractivity contribution in [2.45, 2.75) is 37.5 Å². The summed E-state index contributed by atoms with van der Waals surface area (Å²) in [6, 6.07) is 3.79. The van der Waals surface area contributed by atoms with Gasteiger partial charge >= 0.3 is 0 Å². The maximum Gasteiger partial charge on any atom is 0.238 e. The fraction of sp³-hybridized carbons (Fsp3) is 0.545. The quantitative estimate of drug-likeness (QED) is 0.784. The third-order valence-corrected chi connectivity index (χ3v) is 3.25. The van der Waals surface area contributed by atoms with Gasteiger partial charge in [0, 0.05) is 5.25 Å². The molecule has 15 heavy (non-hydrogen) atoms. The molecule has 0 aromatic carbocycles.